The molecule has 0 unspecified atom stereocenters. The zero-order valence-electron chi connectivity index (χ0n) is 15.0. The first kappa shape index (κ1) is 20.2. The van der Waals surface area contributed by atoms with E-state index in [4.69, 9.17) is 16.3 Å². The van der Waals surface area contributed by atoms with Crippen LogP contribution in [-0.4, -0.2) is 21.4 Å². The van der Waals surface area contributed by atoms with Crippen LogP contribution >= 0.6 is 22.9 Å². The zero-order valence-corrected chi connectivity index (χ0v) is 17.4. The maximum Gasteiger partial charge on any atom is 0.271 e. The Hall–Kier alpha value is -2.55. The third-order valence-corrected chi connectivity index (χ3v) is 7.07. The topological polar surface area (TPSA) is 84.5 Å². The lowest BCUT2D eigenvalue weighted by Gasteiger charge is -2.12. The van der Waals surface area contributed by atoms with Gasteiger partial charge in [0.05, 0.1) is 12.8 Å². The first-order chi connectivity index (χ1) is 13.3. The van der Waals surface area contributed by atoms with Gasteiger partial charge in [-0.2, -0.15) is 0 Å². The quantitative estimate of drug-likeness (QED) is 0.582. The van der Waals surface area contributed by atoms with Crippen LogP contribution in [0.15, 0.2) is 58.1 Å². The molecule has 0 saturated heterocycles. The third kappa shape index (κ3) is 4.46. The maximum absolute atomic E-state index is 12.5. The molecule has 0 spiro atoms. The summed E-state index contributed by atoms with van der Waals surface area (Å²) in [6.07, 6.45) is 0. The lowest BCUT2D eigenvalue weighted by Crippen LogP contribution is -2.14. The van der Waals surface area contributed by atoms with Crippen LogP contribution in [0.4, 0.5) is 11.4 Å². The molecule has 3 rings (SSSR count). The number of rotatable bonds is 6. The predicted octanol–water partition coefficient (Wildman–Crippen LogP) is 4.77. The van der Waals surface area contributed by atoms with E-state index in [0.29, 0.717) is 27.7 Å². The molecular weight excluding hydrogens is 420 g/mol. The van der Waals surface area contributed by atoms with E-state index in [1.165, 1.54) is 37.4 Å². The number of thiophene rings is 1. The fourth-order valence-corrected chi connectivity index (χ4v) is 4.64. The number of hydrogen-bond acceptors (Lipinski definition) is 5. The van der Waals surface area contributed by atoms with E-state index >= 15 is 0 Å². The Morgan fingerprint density at radius 1 is 1.14 bits per heavy atom. The van der Waals surface area contributed by atoms with E-state index < -0.39 is 10.0 Å². The number of carbonyl (C=O) groups excluding carboxylic acids is 1. The number of methoxy groups -OCH3 is 1. The number of sulfonamides is 1. The van der Waals surface area contributed by atoms with Gasteiger partial charge in [-0.15, -0.1) is 11.3 Å². The summed E-state index contributed by atoms with van der Waals surface area (Å²) in [5, 5.41) is 5.00. The highest BCUT2D eigenvalue weighted by atomic mass is 35.5. The van der Waals surface area contributed by atoms with Crippen LogP contribution in [0.5, 0.6) is 5.75 Å². The number of nitrogens with one attached hydrogen (secondary N) is 2. The molecule has 0 aliphatic heterocycles. The first-order valence-electron chi connectivity index (χ1n) is 8.12. The minimum Gasteiger partial charge on any atom is -0.495 e. The van der Waals surface area contributed by atoms with Gasteiger partial charge in [0.25, 0.3) is 15.9 Å². The lowest BCUT2D eigenvalue weighted by molar-refractivity contribution is 0.102. The van der Waals surface area contributed by atoms with Crippen LogP contribution < -0.4 is 14.8 Å². The third-order valence-electron chi connectivity index (χ3n) is 3.89. The molecule has 0 fully saturated rings. The number of halogens is 1. The number of anilines is 2. The Bertz CT molecular complexity index is 1100. The van der Waals surface area contributed by atoms with Gasteiger partial charge >= 0.3 is 0 Å². The molecule has 0 atom stereocenters. The monoisotopic (exact) mass is 436 g/mol. The molecule has 0 aliphatic carbocycles. The molecule has 0 radical (unpaired) electrons. The number of carbonyl (C=O) groups is 1. The summed E-state index contributed by atoms with van der Waals surface area (Å²) < 4.78 is 32.5. The Kier molecular flexibility index (Phi) is 5.93. The Morgan fingerprint density at radius 3 is 2.46 bits per heavy atom. The van der Waals surface area contributed by atoms with E-state index in [1.54, 1.807) is 23.6 Å². The average molecular weight is 437 g/mol. The molecule has 1 amide bonds. The summed E-state index contributed by atoms with van der Waals surface area (Å²) in [6, 6.07) is 12.7. The molecule has 3 aromatic rings. The van der Waals surface area contributed by atoms with Crippen molar-refractivity contribution in [3.8, 4) is 5.75 Å². The number of ether oxygens (including phenoxy) is 1. The average Bonchev–Trinajstić information content (AvgIpc) is 3.20. The Morgan fingerprint density at radius 2 is 1.86 bits per heavy atom. The molecule has 1 heterocycles. The van der Waals surface area contributed by atoms with Gasteiger partial charge < -0.3 is 10.1 Å². The zero-order chi connectivity index (χ0) is 20.3. The lowest BCUT2D eigenvalue weighted by atomic mass is 10.1. The molecule has 0 aliphatic rings. The summed E-state index contributed by atoms with van der Waals surface area (Å²) in [4.78, 5) is 12.5. The van der Waals surface area contributed by atoms with Crippen molar-refractivity contribution in [2.24, 2.45) is 0 Å². The summed E-state index contributed by atoms with van der Waals surface area (Å²) >= 11 is 7.21. The highest BCUT2D eigenvalue weighted by Gasteiger charge is 2.16. The van der Waals surface area contributed by atoms with E-state index in [9.17, 15) is 13.2 Å². The minimum atomic E-state index is -3.63. The number of benzene rings is 2. The van der Waals surface area contributed by atoms with Crippen LogP contribution in [0.2, 0.25) is 5.02 Å². The fourth-order valence-electron chi connectivity index (χ4n) is 2.44. The van der Waals surface area contributed by atoms with E-state index in [0.717, 1.165) is 16.9 Å². The minimum absolute atomic E-state index is 0.222. The summed E-state index contributed by atoms with van der Waals surface area (Å²) in [6.45, 7) is 1.83. The van der Waals surface area contributed by atoms with Crippen molar-refractivity contribution in [3.05, 3.63) is 70.1 Å². The van der Waals surface area contributed by atoms with Gasteiger partial charge in [-0.05, 0) is 54.3 Å². The van der Waals surface area contributed by atoms with Gasteiger partial charge in [0.2, 0.25) is 0 Å². The Balaban J connectivity index is 1.75. The number of hydrogen-bond donors (Lipinski definition) is 2. The molecule has 9 heteroatoms. The van der Waals surface area contributed by atoms with Crippen molar-refractivity contribution in [2.75, 3.05) is 17.1 Å². The normalized spacial score (nSPS) is 11.1. The fraction of sp³-hybridized carbons (Fsp3) is 0.105. The number of amides is 1. The van der Waals surface area contributed by atoms with Crippen LogP contribution in [0.3, 0.4) is 0 Å². The Labute approximate surface area is 172 Å². The second-order valence-electron chi connectivity index (χ2n) is 5.87. The van der Waals surface area contributed by atoms with E-state index in [1.807, 2.05) is 6.92 Å². The van der Waals surface area contributed by atoms with Crippen molar-refractivity contribution in [2.45, 2.75) is 11.1 Å². The summed E-state index contributed by atoms with van der Waals surface area (Å²) in [7, 11) is -2.14. The molecule has 28 heavy (non-hydrogen) atoms. The first-order valence-corrected chi connectivity index (χ1v) is 10.9. The smallest absolute Gasteiger partial charge is 0.271 e. The van der Waals surface area contributed by atoms with Crippen molar-refractivity contribution < 1.29 is 17.9 Å². The molecule has 2 N–H and O–H groups in total. The summed E-state index contributed by atoms with van der Waals surface area (Å²) in [5.74, 6) is 0.0944. The second kappa shape index (κ2) is 8.22. The predicted molar refractivity (Wildman–Crippen MR) is 112 cm³/mol. The van der Waals surface area contributed by atoms with Crippen molar-refractivity contribution in [3.63, 3.8) is 0 Å². The van der Waals surface area contributed by atoms with Gasteiger partial charge in [-0.3, -0.25) is 9.52 Å². The van der Waals surface area contributed by atoms with Gasteiger partial charge in [-0.25, -0.2) is 8.42 Å². The van der Waals surface area contributed by atoms with Crippen molar-refractivity contribution >= 4 is 50.2 Å². The van der Waals surface area contributed by atoms with Crippen LogP contribution in [0, 0.1) is 6.92 Å². The molecule has 1 aromatic heterocycles. The van der Waals surface area contributed by atoms with Gasteiger partial charge in [0.15, 0.2) is 0 Å². The van der Waals surface area contributed by atoms with Crippen molar-refractivity contribution in [1.29, 1.82) is 0 Å². The second-order valence-corrected chi connectivity index (χ2v) is 9.13. The van der Waals surface area contributed by atoms with Crippen molar-refractivity contribution in [1.82, 2.24) is 0 Å². The van der Waals surface area contributed by atoms with Crippen LogP contribution in [0.25, 0.3) is 0 Å². The highest BCUT2D eigenvalue weighted by Crippen LogP contribution is 2.31. The molecule has 6 nitrogen and oxygen atoms in total. The van der Waals surface area contributed by atoms with Gasteiger partial charge in [0.1, 0.15) is 9.96 Å². The van der Waals surface area contributed by atoms with Crippen LogP contribution in [0.1, 0.15) is 15.9 Å². The van der Waals surface area contributed by atoms with E-state index in [2.05, 4.69) is 10.0 Å². The molecule has 2 aromatic carbocycles. The van der Waals surface area contributed by atoms with Gasteiger partial charge in [0, 0.05) is 22.3 Å². The largest absolute Gasteiger partial charge is 0.495 e. The van der Waals surface area contributed by atoms with E-state index in [-0.39, 0.29) is 10.1 Å². The molecule has 0 bridgehead atoms. The number of aryl methyl sites for hydroxylation is 1. The summed E-state index contributed by atoms with van der Waals surface area (Å²) in [5.41, 5.74) is 2.03. The standard InChI is InChI=1S/C19H17ClN2O4S2/c1-12-10-16(17(26-2)11-15(12)20)21-19(23)13-5-7-14(8-6-13)22-28(24,25)18-4-3-9-27-18/h3-11,22H,1-2H3,(H,21,23). The van der Waals surface area contributed by atoms with Crippen LogP contribution in [-0.2, 0) is 10.0 Å². The highest BCUT2D eigenvalue weighted by molar-refractivity contribution is 7.94. The molecule has 0 saturated carbocycles. The molecule has 146 valence electrons. The van der Waals surface area contributed by atoms with Gasteiger partial charge in [-0.1, -0.05) is 17.7 Å². The SMILES string of the molecule is COc1cc(Cl)c(C)cc1NC(=O)c1ccc(NS(=O)(=O)c2cccs2)cc1. The maximum atomic E-state index is 12.5. The molecular formula is C19H17ClN2O4S2.